The summed E-state index contributed by atoms with van der Waals surface area (Å²) in [4.78, 5) is 4.62. The van der Waals surface area contributed by atoms with Crippen molar-refractivity contribution >= 4 is 17.4 Å². The smallest absolute Gasteiger partial charge is 0.131 e. The first-order chi connectivity index (χ1) is 9.92. The highest BCUT2D eigenvalue weighted by molar-refractivity contribution is 6.30. The molecule has 0 aliphatic heterocycles. The molecule has 3 nitrogen and oxygen atoms in total. The Morgan fingerprint density at radius 3 is 2.62 bits per heavy atom. The second-order valence-electron chi connectivity index (χ2n) is 5.67. The number of halogens is 2. The van der Waals surface area contributed by atoms with Crippen molar-refractivity contribution in [2.24, 2.45) is 5.92 Å². The lowest BCUT2D eigenvalue weighted by molar-refractivity contribution is 0.510. The second-order valence-corrected chi connectivity index (χ2v) is 6.11. The van der Waals surface area contributed by atoms with E-state index in [1.165, 1.54) is 12.1 Å². The van der Waals surface area contributed by atoms with Gasteiger partial charge in [0.25, 0.3) is 0 Å². The van der Waals surface area contributed by atoms with Gasteiger partial charge < -0.3 is 10.3 Å². The fourth-order valence-electron chi connectivity index (χ4n) is 2.40. The normalized spacial score (nSPS) is 11.3. The highest BCUT2D eigenvalue weighted by atomic mass is 35.5. The van der Waals surface area contributed by atoms with Crippen molar-refractivity contribution in [1.29, 1.82) is 0 Å². The molecule has 5 heteroatoms. The predicted molar refractivity (Wildman–Crippen MR) is 85.9 cm³/mol. The van der Waals surface area contributed by atoms with E-state index in [4.69, 9.17) is 17.3 Å². The number of nitrogen functional groups attached to an aromatic ring is 1. The van der Waals surface area contributed by atoms with Crippen molar-refractivity contribution in [3.05, 3.63) is 34.9 Å². The molecule has 0 aliphatic carbocycles. The van der Waals surface area contributed by atoms with Crippen LogP contribution in [0.3, 0.4) is 0 Å². The van der Waals surface area contributed by atoms with E-state index in [0.717, 1.165) is 25.2 Å². The highest BCUT2D eigenvalue weighted by Crippen LogP contribution is 2.30. The van der Waals surface area contributed by atoms with Gasteiger partial charge in [0, 0.05) is 23.6 Å². The summed E-state index contributed by atoms with van der Waals surface area (Å²) >= 11 is 5.93. The van der Waals surface area contributed by atoms with Gasteiger partial charge in [-0.2, -0.15) is 0 Å². The van der Waals surface area contributed by atoms with Crippen LogP contribution in [0.15, 0.2) is 18.2 Å². The molecule has 0 unspecified atom stereocenters. The quantitative estimate of drug-likeness (QED) is 0.881. The Labute approximate surface area is 129 Å². The Hall–Kier alpha value is -1.55. The third-order valence-electron chi connectivity index (χ3n) is 3.24. The van der Waals surface area contributed by atoms with E-state index in [0.29, 0.717) is 28.0 Å². The fraction of sp³-hybridized carbons (Fsp3) is 0.438. The molecule has 21 heavy (non-hydrogen) atoms. The van der Waals surface area contributed by atoms with E-state index in [2.05, 4.69) is 25.8 Å². The Morgan fingerprint density at radius 1 is 1.33 bits per heavy atom. The summed E-state index contributed by atoms with van der Waals surface area (Å²) in [6, 6.07) is 4.39. The Balaban J connectivity index is 2.53. The van der Waals surface area contributed by atoms with Crippen molar-refractivity contribution in [2.45, 2.75) is 40.2 Å². The number of hydrogen-bond acceptors (Lipinski definition) is 2. The Bertz CT molecular complexity index is 614. The van der Waals surface area contributed by atoms with Crippen molar-refractivity contribution in [3.63, 3.8) is 0 Å². The molecule has 0 spiro atoms. The average molecular weight is 310 g/mol. The zero-order valence-corrected chi connectivity index (χ0v) is 13.4. The number of anilines is 1. The standard InChI is InChI=1S/C16H21ClFN3/c1-4-5-14-20-15(16(19)21(14)9-10(2)3)11-6-12(17)8-13(18)7-11/h6-8,10H,4-5,9,19H2,1-3H3. The fourth-order valence-corrected chi connectivity index (χ4v) is 2.62. The molecule has 0 aliphatic rings. The Kier molecular flexibility index (Phi) is 4.88. The molecule has 2 N–H and O–H groups in total. The van der Waals surface area contributed by atoms with Crippen LogP contribution in [0.1, 0.15) is 33.0 Å². The number of aryl methyl sites for hydroxylation is 1. The minimum Gasteiger partial charge on any atom is -0.383 e. The number of nitrogens with zero attached hydrogens (tertiary/aromatic N) is 2. The number of hydrogen-bond donors (Lipinski definition) is 1. The molecule has 0 radical (unpaired) electrons. The van der Waals surface area contributed by atoms with Gasteiger partial charge in [0.2, 0.25) is 0 Å². The second kappa shape index (κ2) is 6.48. The van der Waals surface area contributed by atoms with Gasteiger partial charge in [-0.3, -0.25) is 0 Å². The SMILES string of the molecule is CCCc1nc(-c2cc(F)cc(Cl)c2)c(N)n1CC(C)C. The zero-order chi connectivity index (χ0) is 15.6. The largest absolute Gasteiger partial charge is 0.383 e. The minimum atomic E-state index is -0.382. The maximum Gasteiger partial charge on any atom is 0.131 e. The highest BCUT2D eigenvalue weighted by Gasteiger charge is 2.17. The van der Waals surface area contributed by atoms with Crippen LogP contribution in [-0.4, -0.2) is 9.55 Å². The maximum absolute atomic E-state index is 13.6. The van der Waals surface area contributed by atoms with E-state index < -0.39 is 0 Å². The monoisotopic (exact) mass is 309 g/mol. The van der Waals surface area contributed by atoms with E-state index in [1.54, 1.807) is 6.07 Å². The summed E-state index contributed by atoms with van der Waals surface area (Å²) in [7, 11) is 0. The summed E-state index contributed by atoms with van der Waals surface area (Å²) in [5.41, 5.74) is 7.48. The zero-order valence-electron chi connectivity index (χ0n) is 12.7. The number of benzene rings is 1. The molecule has 0 amide bonds. The first-order valence-electron chi connectivity index (χ1n) is 7.23. The van der Waals surface area contributed by atoms with Crippen LogP contribution in [0.2, 0.25) is 5.02 Å². The molecule has 0 saturated heterocycles. The average Bonchev–Trinajstić information content (AvgIpc) is 2.66. The third-order valence-corrected chi connectivity index (χ3v) is 3.46. The lowest BCUT2D eigenvalue weighted by Gasteiger charge is -2.12. The molecule has 1 aromatic carbocycles. The summed E-state index contributed by atoms with van der Waals surface area (Å²) in [6.45, 7) is 7.17. The van der Waals surface area contributed by atoms with Crippen LogP contribution in [0.5, 0.6) is 0 Å². The number of rotatable bonds is 5. The van der Waals surface area contributed by atoms with Crippen molar-refractivity contribution in [2.75, 3.05) is 5.73 Å². The van der Waals surface area contributed by atoms with Gasteiger partial charge in [-0.05, 0) is 30.5 Å². The molecule has 2 aromatic rings. The molecule has 1 heterocycles. The first kappa shape index (κ1) is 15.8. The van der Waals surface area contributed by atoms with Crippen molar-refractivity contribution < 1.29 is 4.39 Å². The number of aromatic nitrogens is 2. The molecule has 2 rings (SSSR count). The lowest BCUT2D eigenvalue weighted by Crippen LogP contribution is -2.11. The Morgan fingerprint density at radius 2 is 2.05 bits per heavy atom. The van der Waals surface area contributed by atoms with Crippen molar-refractivity contribution in [1.82, 2.24) is 9.55 Å². The summed E-state index contributed by atoms with van der Waals surface area (Å²) in [5, 5.41) is 0.347. The maximum atomic E-state index is 13.6. The molecule has 114 valence electrons. The van der Waals surface area contributed by atoms with Gasteiger partial charge in [0.1, 0.15) is 23.2 Å². The molecular formula is C16H21ClFN3. The van der Waals surface area contributed by atoms with E-state index in [1.807, 2.05) is 4.57 Å². The molecule has 0 atom stereocenters. The summed E-state index contributed by atoms with van der Waals surface area (Å²) < 4.78 is 15.6. The third kappa shape index (κ3) is 3.56. The minimum absolute atomic E-state index is 0.347. The van der Waals surface area contributed by atoms with Crippen LogP contribution >= 0.6 is 11.6 Å². The van der Waals surface area contributed by atoms with Crippen LogP contribution in [0.25, 0.3) is 11.3 Å². The van der Waals surface area contributed by atoms with E-state index >= 15 is 0 Å². The van der Waals surface area contributed by atoms with Crippen LogP contribution in [0.4, 0.5) is 10.2 Å². The van der Waals surface area contributed by atoms with Gasteiger partial charge in [0.05, 0.1) is 0 Å². The van der Waals surface area contributed by atoms with Gasteiger partial charge in [0.15, 0.2) is 0 Å². The molecule has 0 bridgehead atoms. The van der Waals surface area contributed by atoms with Crippen LogP contribution < -0.4 is 5.73 Å². The lowest BCUT2D eigenvalue weighted by atomic mass is 10.1. The molecular weight excluding hydrogens is 289 g/mol. The summed E-state index contributed by atoms with van der Waals surface area (Å²) in [6.07, 6.45) is 1.83. The van der Waals surface area contributed by atoms with Gasteiger partial charge in [-0.1, -0.05) is 32.4 Å². The first-order valence-corrected chi connectivity index (χ1v) is 7.61. The topological polar surface area (TPSA) is 43.8 Å². The van der Waals surface area contributed by atoms with Crippen LogP contribution in [-0.2, 0) is 13.0 Å². The molecule has 0 saturated carbocycles. The van der Waals surface area contributed by atoms with Gasteiger partial charge in [-0.25, -0.2) is 9.37 Å². The van der Waals surface area contributed by atoms with Crippen LogP contribution in [0, 0.1) is 11.7 Å². The predicted octanol–water partition coefficient (Wildman–Crippen LogP) is 4.53. The molecule has 0 fully saturated rings. The van der Waals surface area contributed by atoms with Crippen molar-refractivity contribution in [3.8, 4) is 11.3 Å². The van der Waals surface area contributed by atoms with Gasteiger partial charge in [-0.15, -0.1) is 0 Å². The summed E-state index contributed by atoms with van der Waals surface area (Å²) in [5.74, 6) is 1.60. The number of imidazole rings is 1. The number of nitrogens with two attached hydrogens (primary N) is 1. The van der Waals surface area contributed by atoms with E-state index in [9.17, 15) is 4.39 Å². The van der Waals surface area contributed by atoms with Gasteiger partial charge >= 0.3 is 0 Å². The van der Waals surface area contributed by atoms with E-state index in [-0.39, 0.29) is 5.82 Å². The molecule has 1 aromatic heterocycles.